The minimum absolute atomic E-state index is 0.848. The van der Waals surface area contributed by atoms with E-state index in [4.69, 9.17) is 4.42 Å². The van der Waals surface area contributed by atoms with Gasteiger partial charge in [-0.1, -0.05) is 127 Å². The molecule has 1 heterocycles. The molecule has 0 aliphatic rings. The third-order valence-electron chi connectivity index (χ3n) is 9.05. The minimum Gasteiger partial charge on any atom is -0.456 e. The number of anilines is 3. The van der Waals surface area contributed by atoms with Crippen molar-refractivity contribution in [2.75, 3.05) is 4.90 Å². The molecule has 0 aliphatic heterocycles. The molecule has 0 atom stereocenters. The van der Waals surface area contributed by atoms with Crippen molar-refractivity contribution in [3.05, 3.63) is 176 Å². The van der Waals surface area contributed by atoms with Gasteiger partial charge in [0.15, 0.2) is 0 Å². The van der Waals surface area contributed by atoms with Crippen molar-refractivity contribution < 1.29 is 4.42 Å². The van der Waals surface area contributed by atoms with Crippen LogP contribution < -0.4 is 4.90 Å². The summed E-state index contributed by atoms with van der Waals surface area (Å²) in [5.41, 5.74) is 7.60. The molecule has 46 heavy (non-hydrogen) atoms. The van der Waals surface area contributed by atoms with E-state index >= 15 is 0 Å². The summed E-state index contributed by atoms with van der Waals surface area (Å²) in [5.74, 6) is 0.848. The summed E-state index contributed by atoms with van der Waals surface area (Å²) in [6, 6.07) is 62.7. The molecule has 0 fully saturated rings. The number of nitrogens with zero attached hydrogens (tertiary/aromatic N) is 1. The normalized spacial score (nSPS) is 11.5. The number of benzene rings is 8. The molecule has 0 N–H and O–H groups in total. The summed E-state index contributed by atoms with van der Waals surface area (Å²) in [4.78, 5) is 2.37. The zero-order valence-electron chi connectivity index (χ0n) is 25.1. The van der Waals surface area contributed by atoms with Gasteiger partial charge in [0.05, 0.1) is 11.4 Å². The number of hydrogen-bond acceptors (Lipinski definition) is 2. The van der Waals surface area contributed by atoms with Gasteiger partial charge in [0.1, 0.15) is 11.3 Å². The van der Waals surface area contributed by atoms with E-state index in [0.29, 0.717) is 0 Å². The second-order valence-electron chi connectivity index (χ2n) is 11.7. The Labute approximate surface area is 267 Å². The lowest BCUT2D eigenvalue weighted by atomic mass is 9.93. The maximum absolute atomic E-state index is 6.43. The summed E-state index contributed by atoms with van der Waals surface area (Å²) < 4.78 is 6.43. The summed E-state index contributed by atoms with van der Waals surface area (Å²) in [5, 5.41) is 8.54. The molecule has 0 spiro atoms. The van der Waals surface area contributed by atoms with Gasteiger partial charge in [0.25, 0.3) is 0 Å². The van der Waals surface area contributed by atoms with Gasteiger partial charge in [0, 0.05) is 22.0 Å². The van der Waals surface area contributed by atoms with E-state index in [1.54, 1.807) is 0 Å². The van der Waals surface area contributed by atoms with Crippen molar-refractivity contribution in [3.8, 4) is 22.5 Å². The van der Waals surface area contributed by atoms with Crippen LogP contribution in [0.5, 0.6) is 0 Å². The highest BCUT2D eigenvalue weighted by atomic mass is 16.3. The standard InChI is InChI=1S/C44H29NO/c1-5-17-36-30(12-1)15-11-22-41(36)45(42-21-9-8-20-39(42)44-29-33-14-3-10-23-43(33)46-44)34-26-24-31(25-27-34)40-28-32-13-2-4-16-35(32)37-18-6-7-19-38(37)40/h1-29H. The molecule has 9 rings (SSSR count). The van der Waals surface area contributed by atoms with Crippen LogP contribution in [0.2, 0.25) is 0 Å². The maximum atomic E-state index is 6.43. The van der Waals surface area contributed by atoms with E-state index in [1.807, 2.05) is 12.1 Å². The molecule has 0 amide bonds. The summed E-state index contributed by atoms with van der Waals surface area (Å²) in [7, 11) is 0. The molecular formula is C44H29NO. The van der Waals surface area contributed by atoms with Gasteiger partial charge in [-0.2, -0.15) is 0 Å². The van der Waals surface area contributed by atoms with Gasteiger partial charge >= 0.3 is 0 Å². The van der Waals surface area contributed by atoms with Crippen LogP contribution in [0.25, 0.3) is 65.7 Å². The second kappa shape index (κ2) is 10.8. The molecule has 0 aliphatic carbocycles. The first-order valence-corrected chi connectivity index (χ1v) is 15.7. The first kappa shape index (κ1) is 26.3. The van der Waals surface area contributed by atoms with Gasteiger partial charge in [-0.15, -0.1) is 0 Å². The molecule has 0 saturated heterocycles. The molecule has 0 radical (unpaired) electrons. The van der Waals surface area contributed by atoms with Crippen LogP contribution in [-0.4, -0.2) is 0 Å². The third kappa shape index (κ3) is 4.35. The Balaban J connectivity index is 1.24. The molecule has 8 aromatic carbocycles. The third-order valence-corrected chi connectivity index (χ3v) is 9.05. The Morgan fingerprint density at radius 1 is 0.370 bits per heavy atom. The fourth-order valence-electron chi connectivity index (χ4n) is 6.89. The topological polar surface area (TPSA) is 16.4 Å². The van der Waals surface area contributed by atoms with Crippen molar-refractivity contribution in [1.29, 1.82) is 0 Å². The van der Waals surface area contributed by atoms with E-state index < -0.39 is 0 Å². The van der Waals surface area contributed by atoms with Crippen LogP contribution in [0.15, 0.2) is 180 Å². The first-order valence-electron chi connectivity index (χ1n) is 15.7. The molecule has 2 nitrogen and oxygen atoms in total. The fourth-order valence-corrected chi connectivity index (χ4v) is 6.89. The number of rotatable bonds is 5. The van der Waals surface area contributed by atoms with Gasteiger partial charge in [-0.3, -0.25) is 0 Å². The Morgan fingerprint density at radius 3 is 1.80 bits per heavy atom. The number of hydrogen-bond donors (Lipinski definition) is 0. The summed E-state index contributed by atoms with van der Waals surface area (Å²) >= 11 is 0. The van der Waals surface area contributed by atoms with Crippen LogP contribution in [-0.2, 0) is 0 Å². The monoisotopic (exact) mass is 587 g/mol. The Bertz CT molecular complexity index is 2500. The number of fused-ring (bicyclic) bond motifs is 5. The van der Waals surface area contributed by atoms with E-state index in [-0.39, 0.29) is 0 Å². The van der Waals surface area contributed by atoms with Gasteiger partial charge in [-0.25, -0.2) is 0 Å². The zero-order chi connectivity index (χ0) is 30.5. The van der Waals surface area contributed by atoms with Crippen molar-refractivity contribution in [2.45, 2.75) is 0 Å². The van der Waals surface area contributed by atoms with E-state index in [2.05, 4.69) is 169 Å². The summed E-state index contributed by atoms with van der Waals surface area (Å²) in [6.45, 7) is 0. The molecule has 0 bridgehead atoms. The SMILES string of the molecule is c1ccc(N(c2ccc(-c3cc4ccccc4c4ccccc34)cc2)c2cccc3ccccc23)c(-c2cc3ccccc3o2)c1. The average molecular weight is 588 g/mol. The smallest absolute Gasteiger partial charge is 0.137 e. The van der Waals surface area contributed by atoms with Gasteiger partial charge in [0.2, 0.25) is 0 Å². The Kier molecular flexibility index (Phi) is 6.17. The van der Waals surface area contributed by atoms with E-state index in [0.717, 1.165) is 39.4 Å². The largest absolute Gasteiger partial charge is 0.456 e. The summed E-state index contributed by atoms with van der Waals surface area (Å²) in [6.07, 6.45) is 0. The predicted octanol–water partition coefficient (Wildman–Crippen LogP) is 12.7. The van der Waals surface area contributed by atoms with Crippen LogP contribution in [0.4, 0.5) is 17.1 Å². The van der Waals surface area contributed by atoms with Crippen LogP contribution in [0.3, 0.4) is 0 Å². The lowest BCUT2D eigenvalue weighted by Crippen LogP contribution is -2.11. The molecule has 216 valence electrons. The van der Waals surface area contributed by atoms with Crippen LogP contribution >= 0.6 is 0 Å². The highest BCUT2D eigenvalue weighted by Crippen LogP contribution is 2.45. The zero-order valence-corrected chi connectivity index (χ0v) is 25.1. The first-order chi connectivity index (χ1) is 22.8. The second-order valence-corrected chi connectivity index (χ2v) is 11.7. The lowest BCUT2D eigenvalue weighted by molar-refractivity contribution is 0.631. The van der Waals surface area contributed by atoms with E-state index in [1.165, 1.54) is 43.4 Å². The molecule has 0 unspecified atom stereocenters. The van der Waals surface area contributed by atoms with Crippen molar-refractivity contribution in [3.63, 3.8) is 0 Å². The van der Waals surface area contributed by atoms with Crippen molar-refractivity contribution in [2.24, 2.45) is 0 Å². The maximum Gasteiger partial charge on any atom is 0.137 e. The van der Waals surface area contributed by atoms with Gasteiger partial charge in [-0.05, 0) is 86.6 Å². The Hall–Kier alpha value is -6.12. The van der Waals surface area contributed by atoms with E-state index in [9.17, 15) is 0 Å². The molecule has 9 aromatic rings. The predicted molar refractivity (Wildman–Crippen MR) is 194 cm³/mol. The Morgan fingerprint density at radius 2 is 0.978 bits per heavy atom. The number of para-hydroxylation sites is 2. The molecule has 0 saturated carbocycles. The number of furan rings is 1. The molecule has 1 aromatic heterocycles. The molecule has 2 heteroatoms. The molecular weight excluding hydrogens is 558 g/mol. The highest BCUT2D eigenvalue weighted by molar-refractivity contribution is 6.14. The minimum atomic E-state index is 0.848. The van der Waals surface area contributed by atoms with Crippen molar-refractivity contribution in [1.82, 2.24) is 0 Å². The average Bonchev–Trinajstić information content (AvgIpc) is 3.57. The lowest BCUT2D eigenvalue weighted by Gasteiger charge is -2.28. The van der Waals surface area contributed by atoms with Gasteiger partial charge < -0.3 is 9.32 Å². The highest BCUT2D eigenvalue weighted by Gasteiger charge is 2.21. The van der Waals surface area contributed by atoms with Crippen molar-refractivity contribution >= 4 is 60.3 Å². The van der Waals surface area contributed by atoms with Crippen LogP contribution in [0, 0.1) is 0 Å². The fraction of sp³-hybridized carbons (Fsp3) is 0. The quantitative estimate of drug-likeness (QED) is 0.186. The van der Waals surface area contributed by atoms with Crippen LogP contribution in [0.1, 0.15) is 0 Å².